The molecule has 1 rings (SSSR count). The predicted molar refractivity (Wildman–Crippen MR) is 56.7 cm³/mol. The second-order valence-electron chi connectivity index (χ2n) is 2.50. The molecular formula is C9H8ClNOS. The highest BCUT2D eigenvalue weighted by atomic mass is 35.5. The molecule has 1 aromatic rings. The van der Waals surface area contributed by atoms with Crippen molar-refractivity contribution >= 4 is 29.0 Å². The first-order valence-electron chi connectivity index (χ1n) is 3.75. The number of isothiocyanates is 1. The molecule has 1 N–H and O–H groups in total. The summed E-state index contributed by atoms with van der Waals surface area (Å²) in [7, 11) is 0. The van der Waals surface area contributed by atoms with E-state index in [0.717, 1.165) is 5.56 Å². The number of halogens is 1. The van der Waals surface area contributed by atoms with Crippen molar-refractivity contribution in [3.8, 4) is 5.75 Å². The maximum absolute atomic E-state index is 9.39. The Bertz CT molecular complexity index is 347. The molecule has 13 heavy (non-hydrogen) atoms. The molecule has 0 aliphatic heterocycles. The summed E-state index contributed by atoms with van der Waals surface area (Å²) in [5.74, 6) is 0.240. The van der Waals surface area contributed by atoms with E-state index in [9.17, 15) is 5.11 Å². The van der Waals surface area contributed by atoms with Gasteiger partial charge < -0.3 is 5.11 Å². The molecule has 0 aromatic heterocycles. The van der Waals surface area contributed by atoms with Crippen LogP contribution in [0.4, 0.5) is 0 Å². The molecule has 0 aliphatic carbocycles. The number of phenolic OH excluding ortho intramolecular Hbond substituents is 1. The Morgan fingerprint density at radius 2 is 2.31 bits per heavy atom. The minimum atomic E-state index is 0.240. The fraction of sp³-hybridized carbons (Fsp3) is 0.222. The van der Waals surface area contributed by atoms with E-state index in [4.69, 9.17) is 11.6 Å². The fourth-order valence-corrected chi connectivity index (χ4v) is 1.26. The van der Waals surface area contributed by atoms with Gasteiger partial charge in [0.2, 0.25) is 0 Å². The minimum Gasteiger partial charge on any atom is -0.508 e. The lowest BCUT2D eigenvalue weighted by Gasteiger charge is -2.01. The average Bonchev–Trinajstić information content (AvgIpc) is 2.11. The van der Waals surface area contributed by atoms with Gasteiger partial charge in [0, 0.05) is 5.02 Å². The van der Waals surface area contributed by atoms with E-state index >= 15 is 0 Å². The summed E-state index contributed by atoms with van der Waals surface area (Å²) in [4.78, 5) is 3.75. The first-order chi connectivity index (χ1) is 6.24. The summed E-state index contributed by atoms with van der Waals surface area (Å²) in [5, 5.41) is 12.3. The maximum atomic E-state index is 9.39. The number of phenols is 1. The van der Waals surface area contributed by atoms with Crippen LogP contribution in [-0.4, -0.2) is 16.8 Å². The van der Waals surface area contributed by atoms with Crippen molar-refractivity contribution in [1.29, 1.82) is 0 Å². The van der Waals surface area contributed by atoms with Crippen LogP contribution in [0.1, 0.15) is 5.56 Å². The lowest BCUT2D eigenvalue weighted by Crippen LogP contribution is -1.89. The molecule has 4 heteroatoms. The third kappa shape index (κ3) is 3.15. The number of aliphatic imine (C=N–C) groups is 1. The Kier molecular flexibility index (Phi) is 3.90. The summed E-state index contributed by atoms with van der Waals surface area (Å²) in [6.07, 6.45) is 0.621. The first kappa shape index (κ1) is 10.2. The van der Waals surface area contributed by atoms with E-state index in [1.165, 1.54) is 0 Å². The molecule has 0 radical (unpaired) electrons. The topological polar surface area (TPSA) is 32.6 Å². The maximum Gasteiger partial charge on any atom is 0.118 e. The molecule has 1 aromatic carbocycles. The first-order valence-corrected chi connectivity index (χ1v) is 4.53. The molecule has 0 saturated heterocycles. The molecule has 0 bridgehead atoms. The van der Waals surface area contributed by atoms with Gasteiger partial charge in [0.15, 0.2) is 0 Å². The van der Waals surface area contributed by atoms with Gasteiger partial charge in [-0.2, -0.15) is 0 Å². The highest BCUT2D eigenvalue weighted by Gasteiger charge is 2.00. The monoisotopic (exact) mass is 213 g/mol. The second kappa shape index (κ2) is 4.97. The van der Waals surface area contributed by atoms with Crippen LogP contribution in [0.25, 0.3) is 0 Å². The number of nitrogens with zero attached hydrogens (tertiary/aromatic N) is 1. The quantitative estimate of drug-likeness (QED) is 0.619. The van der Waals surface area contributed by atoms with Crippen LogP contribution in [0.3, 0.4) is 0 Å². The van der Waals surface area contributed by atoms with Crippen molar-refractivity contribution < 1.29 is 5.11 Å². The molecule has 0 saturated carbocycles. The van der Waals surface area contributed by atoms with Gasteiger partial charge in [0.25, 0.3) is 0 Å². The number of hydrogen-bond acceptors (Lipinski definition) is 3. The van der Waals surface area contributed by atoms with Crippen molar-refractivity contribution in [2.24, 2.45) is 4.99 Å². The predicted octanol–water partition coefficient (Wildman–Crippen LogP) is 2.69. The van der Waals surface area contributed by atoms with Gasteiger partial charge in [-0.05, 0) is 42.4 Å². The number of thiocarbonyl (C=S) groups is 1. The number of aromatic hydroxyl groups is 1. The SMILES string of the molecule is Oc1ccc(Cl)cc1CCN=C=S. The fourth-order valence-electron chi connectivity index (χ4n) is 0.976. The molecule has 0 unspecified atom stereocenters. The molecule has 0 spiro atoms. The van der Waals surface area contributed by atoms with Crippen LogP contribution < -0.4 is 0 Å². The molecule has 0 fully saturated rings. The summed E-state index contributed by atoms with van der Waals surface area (Å²) >= 11 is 10.2. The van der Waals surface area contributed by atoms with Gasteiger partial charge in [-0.1, -0.05) is 11.6 Å². The minimum absolute atomic E-state index is 0.240. The van der Waals surface area contributed by atoms with Crippen LogP contribution >= 0.6 is 23.8 Å². The van der Waals surface area contributed by atoms with Gasteiger partial charge in [-0.3, -0.25) is 0 Å². The van der Waals surface area contributed by atoms with Gasteiger partial charge in [0.1, 0.15) is 5.75 Å². The van der Waals surface area contributed by atoms with E-state index in [2.05, 4.69) is 22.4 Å². The Morgan fingerprint density at radius 1 is 1.54 bits per heavy atom. The molecule has 68 valence electrons. The standard InChI is InChI=1S/C9H8ClNOS/c10-8-1-2-9(12)7(5-8)3-4-11-6-13/h1-2,5,12H,3-4H2. The number of rotatable bonds is 3. The van der Waals surface area contributed by atoms with Gasteiger partial charge in [0.05, 0.1) is 11.7 Å². The summed E-state index contributed by atoms with van der Waals surface area (Å²) in [6, 6.07) is 4.93. The molecule has 0 atom stereocenters. The van der Waals surface area contributed by atoms with E-state index in [0.29, 0.717) is 18.0 Å². The van der Waals surface area contributed by atoms with E-state index < -0.39 is 0 Å². The van der Waals surface area contributed by atoms with Crippen LogP contribution in [0, 0.1) is 0 Å². The Hall–Kier alpha value is -0.890. The Balaban J connectivity index is 2.75. The third-order valence-electron chi connectivity index (χ3n) is 1.60. The number of hydrogen-bond donors (Lipinski definition) is 1. The van der Waals surface area contributed by atoms with E-state index in [1.54, 1.807) is 18.2 Å². The van der Waals surface area contributed by atoms with Crippen molar-refractivity contribution in [3.63, 3.8) is 0 Å². The smallest absolute Gasteiger partial charge is 0.118 e. The lowest BCUT2D eigenvalue weighted by atomic mass is 10.1. The molecule has 0 heterocycles. The second-order valence-corrected chi connectivity index (χ2v) is 3.12. The highest BCUT2D eigenvalue weighted by Crippen LogP contribution is 2.21. The highest BCUT2D eigenvalue weighted by molar-refractivity contribution is 7.78. The molecule has 0 aliphatic rings. The van der Waals surface area contributed by atoms with Gasteiger partial charge in [-0.15, -0.1) is 0 Å². The number of benzene rings is 1. The van der Waals surface area contributed by atoms with Crippen LogP contribution in [-0.2, 0) is 6.42 Å². The zero-order valence-corrected chi connectivity index (χ0v) is 8.40. The van der Waals surface area contributed by atoms with Crippen LogP contribution in [0.2, 0.25) is 5.02 Å². The van der Waals surface area contributed by atoms with Gasteiger partial charge >= 0.3 is 0 Å². The van der Waals surface area contributed by atoms with Gasteiger partial charge in [-0.25, -0.2) is 4.99 Å². The molecule has 0 amide bonds. The van der Waals surface area contributed by atoms with Crippen molar-refractivity contribution in [3.05, 3.63) is 28.8 Å². The van der Waals surface area contributed by atoms with Crippen molar-refractivity contribution in [2.75, 3.05) is 6.54 Å². The molecule has 2 nitrogen and oxygen atoms in total. The summed E-state index contributed by atoms with van der Waals surface area (Å²) < 4.78 is 0. The summed E-state index contributed by atoms with van der Waals surface area (Å²) in [6.45, 7) is 0.525. The van der Waals surface area contributed by atoms with E-state index in [1.807, 2.05) is 0 Å². The van der Waals surface area contributed by atoms with Crippen molar-refractivity contribution in [1.82, 2.24) is 0 Å². The molecular weight excluding hydrogens is 206 g/mol. The van der Waals surface area contributed by atoms with Crippen molar-refractivity contribution in [2.45, 2.75) is 6.42 Å². The van der Waals surface area contributed by atoms with E-state index in [-0.39, 0.29) is 5.75 Å². The Labute approximate surface area is 86.9 Å². The average molecular weight is 214 g/mol. The largest absolute Gasteiger partial charge is 0.508 e. The normalized spacial score (nSPS) is 9.31. The Morgan fingerprint density at radius 3 is 3.00 bits per heavy atom. The lowest BCUT2D eigenvalue weighted by molar-refractivity contribution is 0.468. The summed E-state index contributed by atoms with van der Waals surface area (Å²) in [5.41, 5.74) is 0.779. The zero-order chi connectivity index (χ0) is 9.68. The zero-order valence-electron chi connectivity index (χ0n) is 6.83. The van der Waals surface area contributed by atoms with Crippen LogP contribution in [0.15, 0.2) is 23.2 Å². The van der Waals surface area contributed by atoms with Crippen LogP contribution in [0.5, 0.6) is 5.75 Å². The third-order valence-corrected chi connectivity index (χ3v) is 1.96.